The number of hydrogen-bond donors (Lipinski definition) is 0. The number of carbonyl (C=O) groups excluding carboxylic acids is 4. The van der Waals surface area contributed by atoms with Crippen LogP contribution in [0.25, 0.3) is 0 Å². The summed E-state index contributed by atoms with van der Waals surface area (Å²) in [5.74, 6) is -2.74. The number of ketones is 1. The van der Waals surface area contributed by atoms with Crippen molar-refractivity contribution in [2.24, 2.45) is 5.41 Å². The molecule has 2 atom stereocenters. The van der Waals surface area contributed by atoms with E-state index < -0.39 is 41.1 Å². The van der Waals surface area contributed by atoms with Gasteiger partial charge in [0.25, 0.3) is 5.91 Å². The molecule has 2 aromatic heterocycles. The fourth-order valence-corrected chi connectivity index (χ4v) is 3.97. The van der Waals surface area contributed by atoms with Gasteiger partial charge in [-0.15, -0.1) is 0 Å². The molecule has 0 aromatic carbocycles. The number of amides is 1. The van der Waals surface area contributed by atoms with Gasteiger partial charge in [0, 0.05) is 36.6 Å². The Morgan fingerprint density at radius 3 is 1.78 bits per heavy atom. The number of nitrogens with zero attached hydrogens (tertiary/aromatic N) is 3. The maximum absolute atomic E-state index is 13.1. The predicted molar refractivity (Wildman–Crippen MR) is 135 cm³/mol. The molecule has 0 N–H and O–H groups in total. The van der Waals surface area contributed by atoms with E-state index in [9.17, 15) is 19.2 Å². The largest absolute Gasteiger partial charge is 0.464 e. The highest BCUT2D eigenvalue weighted by atomic mass is 16.5. The van der Waals surface area contributed by atoms with Gasteiger partial charge in [-0.25, -0.2) is 9.59 Å². The van der Waals surface area contributed by atoms with E-state index in [1.54, 1.807) is 38.6 Å². The average Bonchev–Trinajstić information content (AvgIpc) is 2.89. The Balaban J connectivity index is 1.56. The second kappa shape index (κ2) is 13.1. The number of aromatic nitrogens is 2. The van der Waals surface area contributed by atoms with Crippen molar-refractivity contribution in [1.82, 2.24) is 14.9 Å². The third-order valence-electron chi connectivity index (χ3n) is 6.74. The van der Waals surface area contributed by atoms with Crippen LogP contribution in [0.2, 0.25) is 0 Å². The van der Waals surface area contributed by atoms with Crippen LogP contribution in [0.4, 0.5) is 0 Å². The van der Waals surface area contributed by atoms with Crippen LogP contribution in [0.5, 0.6) is 0 Å². The standard InChI is InChI=1S/C28H35N3O6/c1-4-28(2,3)24(32)25(33)31-22(26(34)36-15-7-11-20-9-5-13-29-18-20)17-23(31)27(35)37-16-8-12-21-10-6-14-30-19-21/h5-6,9-10,13-14,18-19,22-23H,4,7-8,11-12,15-17H2,1-3H3/t22-,23?/m1/s1. The first-order chi connectivity index (χ1) is 17.7. The van der Waals surface area contributed by atoms with Gasteiger partial charge in [0.1, 0.15) is 12.1 Å². The Bertz CT molecular complexity index is 1010. The minimum absolute atomic E-state index is 0.0639. The van der Waals surface area contributed by atoms with Crippen LogP contribution >= 0.6 is 0 Å². The number of Topliss-reactive ketones (excluding diaryl/α,β-unsaturated/α-hetero) is 1. The van der Waals surface area contributed by atoms with Crippen LogP contribution in [0.15, 0.2) is 49.1 Å². The molecule has 3 rings (SSSR count). The first-order valence-corrected chi connectivity index (χ1v) is 12.7. The molecule has 0 radical (unpaired) electrons. The Kier molecular flexibility index (Phi) is 9.88. The maximum Gasteiger partial charge on any atom is 0.328 e. The van der Waals surface area contributed by atoms with Gasteiger partial charge in [-0.05, 0) is 55.4 Å². The number of esters is 2. The number of aryl methyl sites for hydroxylation is 2. The molecule has 0 spiro atoms. The predicted octanol–water partition coefficient (Wildman–Crippen LogP) is 3.10. The van der Waals surface area contributed by atoms with E-state index in [0.717, 1.165) is 16.0 Å². The highest BCUT2D eigenvalue weighted by Gasteiger charge is 2.53. The normalized spacial score (nSPS) is 17.0. The zero-order chi connectivity index (χ0) is 26.8. The van der Waals surface area contributed by atoms with Crippen LogP contribution in [0, 0.1) is 5.41 Å². The fourth-order valence-electron chi connectivity index (χ4n) is 3.97. The molecule has 198 valence electrons. The lowest BCUT2D eigenvalue weighted by atomic mass is 9.82. The zero-order valence-corrected chi connectivity index (χ0v) is 21.7. The lowest BCUT2D eigenvalue weighted by Crippen LogP contribution is -2.67. The Morgan fingerprint density at radius 1 is 0.892 bits per heavy atom. The SMILES string of the molecule is CCC(C)(C)C(=O)C(=O)N1C(C(=O)OCCCc2cccnc2)C[C@@H]1C(=O)OCCCc1cccnc1. The number of ether oxygens (including phenoxy) is 2. The molecule has 9 heteroatoms. The highest BCUT2D eigenvalue weighted by molar-refractivity contribution is 6.38. The van der Waals surface area contributed by atoms with E-state index in [0.29, 0.717) is 32.1 Å². The molecule has 0 aliphatic carbocycles. The van der Waals surface area contributed by atoms with Gasteiger partial charge in [0.2, 0.25) is 5.78 Å². The molecule has 2 aromatic rings. The monoisotopic (exact) mass is 509 g/mol. The van der Waals surface area contributed by atoms with Gasteiger partial charge >= 0.3 is 11.9 Å². The van der Waals surface area contributed by atoms with Crippen molar-refractivity contribution in [2.75, 3.05) is 13.2 Å². The maximum atomic E-state index is 13.1. The van der Waals surface area contributed by atoms with Crippen LogP contribution in [-0.2, 0) is 41.5 Å². The minimum atomic E-state index is -0.990. The topological polar surface area (TPSA) is 116 Å². The van der Waals surface area contributed by atoms with Crippen molar-refractivity contribution >= 4 is 23.6 Å². The average molecular weight is 510 g/mol. The summed E-state index contributed by atoms with van der Waals surface area (Å²) in [6.45, 7) is 5.46. The zero-order valence-electron chi connectivity index (χ0n) is 21.7. The van der Waals surface area contributed by atoms with E-state index >= 15 is 0 Å². The molecule has 1 aliphatic rings. The molecular weight excluding hydrogens is 474 g/mol. The molecule has 37 heavy (non-hydrogen) atoms. The summed E-state index contributed by atoms with van der Waals surface area (Å²) in [5, 5.41) is 0. The second-order valence-electron chi connectivity index (χ2n) is 9.81. The van der Waals surface area contributed by atoms with Gasteiger partial charge in [-0.3, -0.25) is 19.6 Å². The summed E-state index contributed by atoms with van der Waals surface area (Å²) in [7, 11) is 0. The third kappa shape index (κ3) is 7.44. The fraction of sp³-hybridized carbons (Fsp3) is 0.500. The Labute approximate surface area is 217 Å². The van der Waals surface area contributed by atoms with Crippen molar-refractivity contribution in [3.8, 4) is 0 Å². The summed E-state index contributed by atoms with van der Waals surface area (Å²) in [6.07, 6.45) is 9.93. The van der Waals surface area contributed by atoms with Crippen molar-refractivity contribution < 1.29 is 28.7 Å². The second-order valence-corrected chi connectivity index (χ2v) is 9.81. The van der Waals surface area contributed by atoms with Gasteiger partial charge in [0.05, 0.1) is 13.2 Å². The molecule has 1 amide bonds. The van der Waals surface area contributed by atoms with E-state index in [2.05, 4.69) is 9.97 Å². The molecule has 1 saturated heterocycles. The van der Waals surface area contributed by atoms with Crippen molar-refractivity contribution in [1.29, 1.82) is 0 Å². The van der Waals surface area contributed by atoms with Crippen LogP contribution in [-0.4, -0.2) is 63.8 Å². The van der Waals surface area contributed by atoms with E-state index in [1.807, 2.05) is 31.2 Å². The summed E-state index contributed by atoms with van der Waals surface area (Å²) >= 11 is 0. The molecule has 1 fully saturated rings. The van der Waals surface area contributed by atoms with Crippen molar-refractivity contribution in [3.05, 3.63) is 60.2 Å². The molecule has 9 nitrogen and oxygen atoms in total. The van der Waals surface area contributed by atoms with Crippen molar-refractivity contribution in [2.45, 2.75) is 71.4 Å². The summed E-state index contributed by atoms with van der Waals surface area (Å²) in [6, 6.07) is 5.58. The number of rotatable bonds is 13. The Morgan fingerprint density at radius 2 is 1.38 bits per heavy atom. The van der Waals surface area contributed by atoms with E-state index in [4.69, 9.17) is 9.47 Å². The molecular formula is C28H35N3O6. The molecule has 1 unspecified atom stereocenters. The summed E-state index contributed by atoms with van der Waals surface area (Å²) in [5.41, 5.74) is 1.14. The number of likely N-dealkylation sites (tertiary alicyclic amines) is 1. The molecule has 0 bridgehead atoms. The smallest absolute Gasteiger partial charge is 0.328 e. The van der Waals surface area contributed by atoms with Gasteiger partial charge in [-0.1, -0.05) is 32.9 Å². The van der Waals surface area contributed by atoms with Crippen LogP contribution in [0.3, 0.4) is 0 Å². The van der Waals surface area contributed by atoms with Crippen molar-refractivity contribution in [3.63, 3.8) is 0 Å². The first kappa shape index (κ1) is 28.0. The summed E-state index contributed by atoms with van der Waals surface area (Å²) in [4.78, 5) is 60.8. The van der Waals surface area contributed by atoms with Gasteiger partial charge in [-0.2, -0.15) is 0 Å². The van der Waals surface area contributed by atoms with Gasteiger partial charge < -0.3 is 14.4 Å². The Hall–Kier alpha value is -3.62. The number of carbonyl (C=O) groups is 4. The number of pyridine rings is 2. The minimum Gasteiger partial charge on any atom is -0.464 e. The first-order valence-electron chi connectivity index (χ1n) is 12.7. The lowest BCUT2D eigenvalue weighted by Gasteiger charge is -2.45. The van der Waals surface area contributed by atoms with E-state index in [-0.39, 0.29) is 19.6 Å². The molecule has 1 aliphatic heterocycles. The lowest BCUT2D eigenvalue weighted by molar-refractivity contribution is -0.179. The van der Waals surface area contributed by atoms with E-state index in [1.165, 1.54) is 0 Å². The summed E-state index contributed by atoms with van der Waals surface area (Å²) < 4.78 is 10.8. The van der Waals surface area contributed by atoms with Crippen LogP contribution < -0.4 is 0 Å². The highest BCUT2D eigenvalue weighted by Crippen LogP contribution is 2.32. The number of hydrogen-bond acceptors (Lipinski definition) is 8. The molecule has 0 saturated carbocycles. The quantitative estimate of drug-likeness (QED) is 0.230. The van der Waals surface area contributed by atoms with Crippen LogP contribution in [0.1, 0.15) is 57.6 Å². The third-order valence-corrected chi connectivity index (χ3v) is 6.74. The molecule has 3 heterocycles. The van der Waals surface area contributed by atoms with Gasteiger partial charge in [0.15, 0.2) is 0 Å².